The maximum atomic E-state index is 6.35. The van der Waals surface area contributed by atoms with Crippen LogP contribution in [0.15, 0.2) is 47.6 Å². The van der Waals surface area contributed by atoms with Crippen molar-refractivity contribution in [2.45, 2.75) is 30.9 Å². The van der Waals surface area contributed by atoms with Crippen LogP contribution in [-0.2, 0) is 5.75 Å². The molecule has 5 nitrogen and oxygen atoms in total. The molecule has 8 heteroatoms. The molecule has 1 heterocycles. The Morgan fingerprint density at radius 2 is 1.88 bits per heavy atom. The minimum Gasteiger partial charge on any atom is -0.489 e. The zero-order valence-corrected chi connectivity index (χ0v) is 16.0. The Kier molecular flexibility index (Phi) is 5.83. The van der Waals surface area contributed by atoms with E-state index in [9.17, 15) is 0 Å². The van der Waals surface area contributed by atoms with Gasteiger partial charge >= 0.3 is 0 Å². The Morgan fingerprint density at radius 3 is 2.60 bits per heavy atom. The lowest BCUT2D eigenvalue weighted by atomic mass is 10.2. The summed E-state index contributed by atoms with van der Waals surface area (Å²) in [7, 11) is 0. The van der Waals surface area contributed by atoms with E-state index in [0.717, 1.165) is 5.75 Å². The molecule has 1 aromatic heterocycles. The van der Waals surface area contributed by atoms with E-state index >= 15 is 0 Å². The van der Waals surface area contributed by atoms with Gasteiger partial charge in [-0.15, -0.1) is 5.10 Å². The molecule has 0 fully saturated rings. The summed E-state index contributed by atoms with van der Waals surface area (Å²) in [6.07, 6.45) is -0.00711. The smallest absolute Gasteiger partial charge is 0.214 e. The van der Waals surface area contributed by atoms with Crippen molar-refractivity contribution in [3.8, 4) is 11.4 Å². The average molecular weight is 395 g/mol. The third kappa shape index (κ3) is 4.45. The zero-order chi connectivity index (χ0) is 17.8. The molecule has 0 saturated heterocycles. The molecule has 0 unspecified atom stereocenters. The van der Waals surface area contributed by atoms with E-state index < -0.39 is 0 Å². The molecule has 0 aliphatic carbocycles. The van der Waals surface area contributed by atoms with Crippen LogP contribution < -0.4 is 4.74 Å². The van der Waals surface area contributed by atoms with E-state index in [1.807, 2.05) is 32.0 Å². The molecule has 3 rings (SSSR count). The molecular weight excluding hydrogens is 379 g/mol. The van der Waals surface area contributed by atoms with Crippen molar-refractivity contribution in [3.63, 3.8) is 0 Å². The van der Waals surface area contributed by atoms with Crippen molar-refractivity contribution in [2.24, 2.45) is 0 Å². The third-order valence-corrected chi connectivity index (χ3v) is 4.83. The molecule has 0 amide bonds. The molecule has 0 aliphatic rings. The summed E-state index contributed by atoms with van der Waals surface area (Å²) < 4.78 is 7.33. The van der Waals surface area contributed by atoms with Gasteiger partial charge in [-0.2, -0.15) is 4.68 Å². The van der Waals surface area contributed by atoms with Crippen LogP contribution in [0.3, 0.4) is 0 Å². The van der Waals surface area contributed by atoms with Gasteiger partial charge in [-0.3, -0.25) is 0 Å². The van der Waals surface area contributed by atoms with Crippen LogP contribution >= 0.6 is 35.0 Å². The van der Waals surface area contributed by atoms with Gasteiger partial charge in [-0.05, 0) is 35.9 Å². The summed E-state index contributed by atoms with van der Waals surface area (Å²) in [5, 5.41) is 13.5. The molecule has 0 N–H and O–H groups in total. The van der Waals surface area contributed by atoms with E-state index in [4.69, 9.17) is 27.9 Å². The first-order valence-corrected chi connectivity index (χ1v) is 9.40. The standard InChI is InChI=1S/C17H16Cl2N4OS/c1-11(2)24-16-9-15(13(18)8-14(16)19)23-17(20-21-22-23)25-10-12-6-4-3-5-7-12/h3-9,11H,10H2,1-2H3. The predicted octanol–water partition coefficient (Wildman–Crippen LogP) is 5.05. The van der Waals surface area contributed by atoms with Crippen LogP contribution in [0.2, 0.25) is 10.0 Å². The fraction of sp³-hybridized carbons (Fsp3) is 0.235. The number of halogens is 2. The van der Waals surface area contributed by atoms with Crippen LogP contribution in [0.5, 0.6) is 5.75 Å². The number of thioether (sulfide) groups is 1. The number of rotatable bonds is 6. The largest absolute Gasteiger partial charge is 0.489 e. The molecule has 0 aliphatic heterocycles. The SMILES string of the molecule is CC(C)Oc1cc(-n2nnnc2SCc2ccccc2)c(Cl)cc1Cl. The van der Waals surface area contributed by atoms with Gasteiger partial charge in [0.15, 0.2) is 0 Å². The van der Waals surface area contributed by atoms with Crippen molar-refractivity contribution >= 4 is 35.0 Å². The highest BCUT2D eigenvalue weighted by molar-refractivity contribution is 7.98. The highest BCUT2D eigenvalue weighted by Crippen LogP contribution is 2.35. The summed E-state index contributed by atoms with van der Waals surface area (Å²) in [6.45, 7) is 3.87. The highest BCUT2D eigenvalue weighted by Gasteiger charge is 2.16. The van der Waals surface area contributed by atoms with Gasteiger partial charge in [0.25, 0.3) is 0 Å². The number of hydrogen-bond acceptors (Lipinski definition) is 5. The Balaban J connectivity index is 1.88. The summed E-state index contributed by atoms with van der Waals surface area (Å²) >= 11 is 14.1. The minimum atomic E-state index is -0.00711. The van der Waals surface area contributed by atoms with Crippen molar-refractivity contribution < 1.29 is 4.74 Å². The number of nitrogens with zero attached hydrogens (tertiary/aromatic N) is 4. The van der Waals surface area contributed by atoms with E-state index in [-0.39, 0.29) is 6.10 Å². The molecular formula is C17H16Cl2N4OS. The van der Waals surface area contributed by atoms with Crippen molar-refractivity contribution in [1.82, 2.24) is 20.2 Å². The molecule has 0 spiro atoms. The first-order chi connectivity index (χ1) is 12.0. The molecule has 25 heavy (non-hydrogen) atoms. The minimum absolute atomic E-state index is 0.00711. The molecule has 0 bridgehead atoms. The molecule has 130 valence electrons. The summed E-state index contributed by atoms with van der Waals surface area (Å²) in [5.41, 5.74) is 1.82. The predicted molar refractivity (Wildman–Crippen MR) is 101 cm³/mol. The number of ether oxygens (including phenoxy) is 1. The number of hydrogen-bond donors (Lipinski definition) is 0. The average Bonchev–Trinajstić information content (AvgIpc) is 3.04. The summed E-state index contributed by atoms with van der Waals surface area (Å²) in [5.74, 6) is 1.30. The van der Waals surface area contributed by atoms with Crippen LogP contribution in [0.25, 0.3) is 5.69 Å². The van der Waals surface area contributed by atoms with Gasteiger partial charge in [-0.25, -0.2) is 0 Å². The van der Waals surface area contributed by atoms with E-state index in [2.05, 4.69) is 27.7 Å². The van der Waals surface area contributed by atoms with Crippen LogP contribution in [0, 0.1) is 0 Å². The topological polar surface area (TPSA) is 52.8 Å². The maximum absolute atomic E-state index is 6.35. The molecule has 0 atom stereocenters. The lowest BCUT2D eigenvalue weighted by Gasteiger charge is -2.14. The van der Waals surface area contributed by atoms with E-state index in [0.29, 0.717) is 26.6 Å². The maximum Gasteiger partial charge on any atom is 0.214 e. The lowest BCUT2D eigenvalue weighted by molar-refractivity contribution is 0.242. The summed E-state index contributed by atoms with van der Waals surface area (Å²) in [4.78, 5) is 0. The number of aromatic nitrogens is 4. The van der Waals surface area contributed by atoms with Crippen LogP contribution in [0.1, 0.15) is 19.4 Å². The Bertz CT molecular complexity index is 855. The van der Waals surface area contributed by atoms with Crippen LogP contribution in [0.4, 0.5) is 0 Å². The Hall–Kier alpha value is -1.76. The molecule has 0 saturated carbocycles. The van der Waals surface area contributed by atoms with Crippen LogP contribution in [-0.4, -0.2) is 26.3 Å². The van der Waals surface area contributed by atoms with Gasteiger partial charge in [0, 0.05) is 11.8 Å². The zero-order valence-electron chi connectivity index (χ0n) is 13.7. The van der Waals surface area contributed by atoms with Gasteiger partial charge in [-0.1, -0.05) is 65.3 Å². The second-order valence-electron chi connectivity index (χ2n) is 5.55. The van der Waals surface area contributed by atoms with Crippen molar-refractivity contribution in [2.75, 3.05) is 0 Å². The monoisotopic (exact) mass is 394 g/mol. The first-order valence-electron chi connectivity index (χ1n) is 7.66. The van der Waals surface area contributed by atoms with Gasteiger partial charge in [0.2, 0.25) is 5.16 Å². The van der Waals surface area contributed by atoms with Gasteiger partial charge in [0.1, 0.15) is 5.75 Å². The van der Waals surface area contributed by atoms with E-state index in [1.54, 1.807) is 16.8 Å². The van der Waals surface area contributed by atoms with Crippen molar-refractivity contribution in [3.05, 3.63) is 58.1 Å². The normalized spacial score (nSPS) is 11.1. The number of benzene rings is 2. The summed E-state index contributed by atoms with van der Waals surface area (Å²) in [6, 6.07) is 13.5. The molecule has 3 aromatic rings. The fourth-order valence-electron chi connectivity index (χ4n) is 2.17. The van der Waals surface area contributed by atoms with Crippen molar-refractivity contribution in [1.29, 1.82) is 0 Å². The fourth-order valence-corrected chi connectivity index (χ4v) is 3.51. The first kappa shape index (κ1) is 18.0. The highest BCUT2D eigenvalue weighted by atomic mass is 35.5. The molecule has 2 aromatic carbocycles. The quantitative estimate of drug-likeness (QED) is 0.547. The Labute approximate surface area is 160 Å². The molecule has 0 radical (unpaired) electrons. The van der Waals surface area contributed by atoms with E-state index in [1.165, 1.54) is 17.3 Å². The lowest BCUT2D eigenvalue weighted by Crippen LogP contribution is -2.07. The Morgan fingerprint density at radius 1 is 1.12 bits per heavy atom. The number of tetrazole rings is 1. The van der Waals surface area contributed by atoms with Gasteiger partial charge in [0.05, 0.1) is 21.8 Å². The second kappa shape index (κ2) is 8.08. The van der Waals surface area contributed by atoms with Gasteiger partial charge < -0.3 is 4.74 Å². The second-order valence-corrected chi connectivity index (χ2v) is 7.31. The third-order valence-electron chi connectivity index (χ3n) is 3.24.